The van der Waals surface area contributed by atoms with Crippen LogP contribution in [-0.4, -0.2) is 76.8 Å². The molecule has 2 amide bonds. The van der Waals surface area contributed by atoms with Gasteiger partial charge in [-0.3, -0.25) is 19.0 Å². The third kappa shape index (κ3) is 9.57. The third-order valence-corrected chi connectivity index (χ3v) is 5.69. The van der Waals surface area contributed by atoms with E-state index in [0.29, 0.717) is 13.1 Å². The molecule has 6 N–H and O–H groups in total. The zero-order valence-electron chi connectivity index (χ0n) is 23.4. The number of carbonyl (C=O) groups is 2. The second-order valence-electron chi connectivity index (χ2n) is 11.6. The van der Waals surface area contributed by atoms with E-state index < -0.39 is 37.1 Å². The smallest absolute Gasteiger partial charge is 0.423 e. The molecule has 2 aromatic rings. The number of aromatic nitrogens is 4. The van der Waals surface area contributed by atoms with E-state index in [1.807, 2.05) is 41.5 Å². The van der Waals surface area contributed by atoms with Gasteiger partial charge in [-0.2, -0.15) is 10.2 Å². The molecule has 0 bridgehead atoms. The molecule has 0 radical (unpaired) electrons. The molecular formula is C24H42B2N6O6. The predicted octanol–water partition coefficient (Wildman–Crippen LogP) is -0.463. The summed E-state index contributed by atoms with van der Waals surface area (Å²) in [6.45, 7) is 12.1. The lowest BCUT2D eigenvalue weighted by molar-refractivity contribution is 0.0899. The molecule has 0 aliphatic heterocycles. The summed E-state index contributed by atoms with van der Waals surface area (Å²) in [4.78, 5) is 25.4. The van der Waals surface area contributed by atoms with E-state index in [1.165, 1.54) is 21.8 Å². The van der Waals surface area contributed by atoms with Crippen molar-refractivity contribution in [2.24, 2.45) is 0 Å². The lowest BCUT2D eigenvalue weighted by Gasteiger charge is -2.21. The van der Waals surface area contributed by atoms with E-state index in [2.05, 4.69) is 20.8 Å². The summed E-state index contributed by atoms with van der Waals surface area (Å²) < 4.78 is 3.04. The number of unbranched alkanes of at least 4 members (excludes halogenated alkanes) is 5. The molecule has 0 spiro atoms. The summed E-state index contributed by atoms with van der Waals surface area (Å²) in [5, 5.41) is 52.6. The molecule has 12 nitrogen and oxygen atoms in total. The van der Waals surface area contributed by atoms with Gasteiger partial charge in [0.1, 0.15) is 11.4 Å². The molecule has 0 saturated heterocycles. The Balaban J connectivity index is 1.83. The lowest BCUT2D eigenvalue weighted by atomic mass is 9.80. The van der Waals surface area contributed by atoms with Gasteiger partial charge < -0.3 is 30.7 Å². The minimum Gasteiger partial charge on any atom is -0.423 e. The number of nitrogens with zero attached hydrogens (tertiary/aromatic N) is 4. The van der Waals surface area contributed by atoms with Gasteiger partial charge in [-0.15, -0.1) is 0 Å². The minimum atomic E-state index is -1.78. The fourth-order valence-corrected chi connectivity index (χ4v) is 4.04. The SMILES string of the molecule is CC(C)(C)NC(=O)c1c(B(O)O)cnn1CCCCCCCCn1ncc(B(O)O)c1C(=O)NC(C)(C)C. The molecule has 0 unspecified atom stereocenters. The van der Waals surface area contributed by atoms with Gasteiger partial charge in [0.15, 0.2) is 0 Å². The second kappa shape index (κ2) is 13.4. The highest BCUT2D eigenvalue weighted by Crippen LogP contribution is 2.11. The van der Waals surface area contributed by atoms with E-state index in [1.54, 1.807) is 0 Å². The van der Waals surface area contributed by atoms with Crippen LogP contribution in [-0.2, 0) is 13.1 Å². The largest absolute Gasteiger partial charge is 0.492 e. The highest BCUT2D eigenvalue weighted by molar-refractivity contribution is 6.60. The average molecular weight is 532 g/mol. The van der Waals surface area contributed by atoms with Gasteiger partial charge in [-0.1, -0.05) is 25.7 Å². The summed E-state index contributed by atoms with van der Waals surface area (Å²) >= 11 is 0. The van der Waals surface area contributed by atoms with Crippen LogP contribution in [0.2, 0.25) is 0 Å². The van der Waals surface area contributed by atoms with Gasteiger partial charge in [0.05, 0.1) is 0 Å². The zero-order valence-corrected chi connectivity index (χ0v) is 23.4. The highest BCUT2D eigenvalue weighted by Gasteiger charge is 2.29. The van der Waals surface area contributed by atoms with E-state index in [-0.39, 0.29) is 22.3 Å². The van der Waals surface area contributed by atoms with Crippen molar-refractivity contribution in [3.05, 3.63) is 23.8 Å². The van der Waals surface area contributed by atoms with Crippen molar-refractivity contribution in [1.82, 2.24) is 30.2 Å². The number of amides is 2. The molecule has 0 atom stereocenters. The summed E-state index contributed by atoms with van der Waals surface area (Å²) in [7, 11) is -3.56. The highest BCUT2D eigenvalue weighted by atomic mass is 16.4. The molecule has 0 aromatic carbocycles. The fraction of sp³-hybridized carbons (Fsp3) is 0.667. The van der Waals surface area contributed by atoms with E-state index in [4.69, 9.17) is 0 Å². The monoisotopic (exact) mass is 532 g/mol. The summed E-state index contributed by atoms with van der Waals surface area (Å²) in [6, 6.07) is 0. The number of nitrogens with one attached hydrogen (secondary N) is 2. The predicted molar refractivity (Wildman–Crippen MR) is 146 cm³/mol. The topological polar surface area (TPSA) is 175 Å². The van der Waals surface area contributed by atoms with Gasteiger partial charge in [-0.05, 0) is 54.4 Å². The van der Waals surface area contributed by atoms with E-state index in [9.17, 15) is 29.7 Å². The van der Waals surface area contributed by atoms with Crippen molar-refractivity contribution in [1.29, 1.82) is 0 Å². The van der Waals surface area contributed by atoms with Gasteiger partial charge in [-0.25, -0.2) is 0 Å². The number of rotatable bonds is 13. The maximum atomic E-state index is 12.7. The van der Waals surface area contributed by atoms with Crippen molar-refractivity contribution in [2.75, 3.05) is 0 Å². The normalized spacial score (nSPS) is 11.9. The molecule has 0 fully saturated rings. The van der Waals surface area contributed by atoms with Gasteiger partial charge in [0.2, 0.25) is 0 Å². The van der Waals surface area contributed by atoms with Crippen molar-refractivity contribution < 1.29 is 29.7 Å². The summed E-state index contributed by atoms with van der Waals surface area (Å²) in [5.41, 5.74) is -0.468. The first kappa shape index (κ1) is 31.5. The van der Waals surface area contributed by atoms with Crippen LogP contribution < -0.4 is 21.6 Å². The van der Waals surface area contributed by atoms with Crippen LogP contribution in [0.3, 0.4) is 0 Å². The maximum absolute atomic E-state index is 12.7. The van der Waals surface area contributed by atoms with Crippen LogP contribution in [0.4, 0.5) is 0 Å². The molecular weight excluding hydrogens is 490 g/mol. The second-order valence-corrected chi connectivity index (χ2v) is 11.6. The first-order chi connectivity index (χ1) is 17.6. The summed E-state index contributed by atoms with van der Waals surface area (Å²) in [6.07, 6.45) is 7.88. The Bertz CT molecular complexity index is 987. The van der Waals surface area contributed by atoms with Crippen LogP contribution in [0.1, 0.15) is 101 Å². The lowest BCUT2D eigenvalue weighted by Crippen LogP contribution is -2.45. The molecule has 2 aromatic heterocycles. The molecule has 14 heteroatoms. The Hall–Kier alpha value is -2.67. The van der Waals surface area contributed by atoms with Gasteiger partial charge in [0, 0.05) is 47.5 Å². The molecule has 0 saturated carbocycles. The van der Waals surface area contributed by atoms with Crippen LogP contribution in [0.25, 0.3) is 0 Å². The van der Waals surface area contributed by atoms with Crippen molar-refractivity contribution in [3.8, 4) is 0 Å². The Morgan fingerprint density at radius 2 is 1.00 bits per heavy atom. The first-order valence-electron chi connectivity index (χ1n) is 13.1. The van der Waals surface area contributed by atoms with Crippen LogP contribution in [0.5, 0.6) is 0 Å². The zero-order chi connectivity index (χ0) is 28.7. The molecule has 0 aliphatic carbocycles. The standard InChI is InChI=1S/C24H42B2N6O6/c1-23(2,3)29-21(33)19-17(25(35)36)15-27-31(19)13-11-9-7-8-10-12-14-32-20(18(16-28-32)26(37)38)22(34)30-24(4,5)6/h15-16,35-38H,7-14H2,1-6H3,(H,29,33)(H,30,34). The van der Waals surface area contributed by atoms with Gasteiger partial charge >= 0.3 is 14.2 Å². The van der Waals surface area contributed by atoms with Crippen LogP contribution in [0, 0.1) is 0 Å². The first-order valence-corrected chi connectivity index (χ1v) is 13.1. The Morgan fingerprint density at radius 1 is 0.684 bits per heavy atom. The molecule has 2 rings (SSSR count). The van der Waals surface area contributed by atoms with Crippen molar-refractivity contribution >= 4 is 37.0 Å². The molecule has 2 heterocycles. The van der Waals surface area contributed by atoms with Crippen molar-refractivity contribution in [2.45, 2.75) is 104 Å². The van der Waals surface area contributed by atoms with E-state index in [0.717, 1.165) is 38.5 Å². The van der Waals surface area contributed by atoms with E-state index >= 15 is 0 Å². The van der Waals surface area contributed by atoms with Gasteiger partial charge in [0.25, 0.3) is 11.8 Å². The minimum absolute atomic E-state index is 0.0813. The quantitative estimate of drug-likeness (QED) is 0.148. The fourth-order valence-electron chi connectivity index (χ4n) is 4.04. The molecule has 0 aliphatic rings. The number of hydrogen-bond acceptors (Lipinski definition) is 8. The van der Waals surface area contributed by atoms with Crippen molar-refractivity contribution in [3.63, 3.8) is 0 Å². The molecule has 38 heavy (non-hydrogen) atoms. The average Bonchev–Trinajstić information content (AvgIpc) is 3.37. The number of carbonyl (C=O) groups excluding carboxylic acids is 2. The Morgan fingerprint density at radius 3 is 1.29 bits per heavy atom. The maximum Gasteiger partial charge on any atom is 0.492 e. The summed E-state index contributed by atoms with van der Waals surface area (Å²) in [5.74, 6) is -0.798. The van der Waals surface area contributed by atoms with Crippen LogP contribution in [0.15, 0.2) is 12.4 Å². The Labute approximate surface area is 225 Å². The Kier molecular flexibility index (Phi) is 11.1. The molecule has 210 valence electrons. The number of aryl methyl sites for hydroxylation is 2. The third-order valence-electron chi connectivity index (χ3n) is 5.69. The number of hydrogen-bond donors (Lipinski definition) is 6. The van der Waals surface area contributed by atoms with Crippen LogP contribution >= 0.6 is 0 Å².